The molecule has 1 N–H and O–H groups in total. The van der Waals surface area contributed by atoms with Gasteiger partial charge >= 0.3 is 0 Å². The first kappa shape index (κ1) is 13.8. The average molecular weight is 259 g/mol. The molecular weight excluding hydrogens is 238 g/mol. The molecule has 0 radical (unpaired) electrons. The SMILES string of the molecule is COc1ccc(C(C#N)NC2CCCCCC2)cn1. The first-order valence-corrected chi connectivity index (χ1v) is 6.99. The molecule has 1 aromatic rings. The van der Waals surface area contributed by atoms with Crippen molar-refractivity contribution in [1.82, 2.24) is 10.3 Å². The van der Waals surface area contributed by atoms with Gasteiger partial charge in [0.15, 0.2) is 0 Å². The molecule has 0 spiro atoms. The van der Waals surface area contributed by atoms with E-state index in [-0.39, 0.29) is 6.04 Å². The van der Waals surface area contributed by atoms with Crippen LogP contribution < -0.4 is 10.1 Å². The van der Waals surface area contributed by atoms with Gasteiger partial charge in [0, 0.05) is 23.9 Å². The van der Waals surface area contributed by atoms with E-state index >= 15 is 0 Å². The molecule has 0 saturated heterocycles. The first-order valence-electron chi connectivity index (χ1n) is 6.99. The molecule has 1 saturated carbocycles. The third-order valence-corrected chi connectivity index (χ3v) is 3.69. The molecule has 102 valence electrons. The number of nitrogens with zero attached hydrogens (tertiary/aromatic N) is 2. The van der Waals surface area contributed by atoms with Crippen molar-refractivity contribution < 1.29 is 4.74 Å². The van der Waals surface area contributed by atoms with Crippen LogP contribution in [0, 0.1) is 11.3 Å². The molecule has 4 heteroatoms. The van der Waals surface area contributed by atoms with E-state index in [9.17, 15) is 5.26 Å². The van der Waals surface area contributed by atoms with E-state index in [2.05, 4.69) is 16.4 Å². The summed E-state index contributed by atoms with van der Waals surface area (Å²) in [5, 5.41) is 12.8. The number of nitrogens with one attached hydrogen (secondary N) is 1. The molecule has 1 unspecified atom stereocenters. The minimum Gasteiger partial charge on any atom is -0.481 e. The number of methoxy groups -OCH3 is 1. The van der Waals surface area contributed by atoms with Crippen LogP contribution in [0.15, 0.2) is 18.3 Å². The van der Waals surface area contributed by atoms with Crippen LogP contribution in [0.5, 0.6) is 5.88 Å². The number of hydrogen-bond acceptors (Lipinski definition) is 4. The Kier molecular flexibility index (Phi) is 5.17. The Morgan fingerprint density at radius 2 is 2.05 bits per heavy atom. The van der Waals surface area contributed by atoms with Crippen molar-refractivity contribution in [2.75, 3.05) is 7.11 Å². The fourth-order valence-electron chi connectivity index (χ4n) is 2.57. The zero-order valence-corrected chi connectivity index (χ0v) is 11.4. The van der Waals surface area contributed by atoms with Crippen LogP contribution in [0.3, 0.4) is 0 Å². The molecule has 2 rings (SSSR count). The first-order chi connectivity index (χ1) is 9.33. The lowest BCUT2D eigenvalue weighted by Gasteiger charge is -2.20. The Morgan fingerprint density at radius 1 is 1.32 bits per heavy atom. The van der Waals surface area contributed by atoms with Gasteiger partial charge < -0.3 is 4.74 Å². The number of aromatic nitrogens is 1. The second-order valence-electron chi connectivity index (χ2n) is 5.05. The number of pyridine rings is 1. The largest absolute Gasteiger partial charge is 0.481 e. The number of nitriles is 1. The second kappa shape index (κ2) is 7.10. The predicted molar refractivity (Wildman–Crippen MR) is 73.8 cm³/mol. The summed E-state index contributed by atoms with van der Waals surface area (Å²) in [6.45, 7) is 0. The Balaban J connectivity index is 2.00. The molecular formula is C15H21N3O. The van der Waals surface area contributed by atoms with Crippen molar-refractivity contribution >= 4 is 0 Å². The lowest BCUT2D eigenvalue weighted by molar-refractivity contribution is 0.396. The number of rotatable bonds is 4. The van der Waals surface area contributed by atoms with E-state index in [1.807, 2.05) is 6.07 Å². The summed E-state index contributed by atoms with van der Waals surface area (Å²) in [6.07, 6.45) is 9.21. The van der Waals surface area contributed by atoms with Gasteiger partial charge in [-0.15, -0.1) is 0 Å². The van der Waals surface area contributed by atoms with E-state index in [1.54, 1.807) is 19.4 Å². The zero-order chi connectivity index (χ0) is 13.5. The summed E-state index contributed by atoms with van der Waals surface area (Å²) >= 11 is 0. The normalized spacial score (nSPS) is 18.3. The van der Waals surface area contributed by atoms with Crippen molar-refractivity contribution in [2.24, 2.45) is 0 Å². The van der Waals surface area contributed by atoms with Gasteiger partial charge in [0.05, 0.1) is 13.2 Å². The highest BCUT2D eigenvalue weighted by atomic mass is 16.5. The third kappa shape index (κ3) is 3.93. The monoisotopic (exact) mass is 259 g/mol. The maximum Gasteiger partial charge on any atom is 0.212 e. The van der Waals surface area contributed by atoms with Gasteiger partial charge in [-0.05, 0) is 18.9 Å². The van der Waals surface area contributed by atoms with E-state index in [0.717, 1.165) is 5.56 Å². The minimum absolute atomic E-state index is 0.276. The summed E-state index contributed by atoms with van der Waals surface area (Å²) < 4.78 is 5.03. The number of ether oxygens (including phenoxy) is 1. The topological polar surface area (TPSA) is 57.9 Å². The highest BCUT2D eigenvalue weighted by Crippen LogP contribution is 2.21. The summed E-state index contributed by atoms with van der Waals surface area (Å²) in [7, 11) is 1.59. The van der Waals surface area contributed by atoms with Gasteiger partial charge in [0.2, 0.25) is 5.88 Å². The molecule has 1 aliphatic carbocycles. The van der Waals surface area contributed by atoms with Gasteiger partial charge in [-0.3, -0.25) is 5.32 Å². The molecule has 0 bridgehead atoms. The van der Waals surface area contributed by atoms with Gasteiger partial charge in [0.25, 0.3) is 0 Å². The van der Waals surface area contributed by atoms with Gasteiger partial charge in [-0.2, -0.15) is 5.26 Å². The summed E-state index contributed by atoms with van der Waals surface area (Å²) in [4.78, 5) is 4.16. The molecule has 0 aliphatic heterocycles. The maximum atomic E-state index is 9.34. The molecule has 19 heavy (non-hydrogen) atoms. The molecule has 0 amide bonds. The average Bonchev–Trinajstić information content (AvgIpc) is 2.73. The van der Waals surface area contributed by atoms with Crippen LogP contribution in [-0.4, -0.2) is 18.1 Å². The van der Waals surface area contributed by atoms with Crippen LogP contribution in [0.2, 0.25) is 0 Å². The Morgan fingerprint density at radius 3 is 2.58 bits per heavy atom. The molecule has 1 atom stereocenters. The summed E-state index contributed by atoms with van der Waals surface area (Å²) in [5.41, 5.74) is 0.910. The molecule has 4 nitrogen and oxygen atoms in total. The Labute approximate surface area is 114 Å². The quantitative estimate of drug-likeness (QED) is 0.845. The Hall–Kier alpha value is -1.60. The lowest BCUT2D eigenvalue weighted by Crippen LogP contribution is -2.31. The highest BCUT2D eigenvalue weighted by Gasteiger charge is 2.18. The van der Waals surface area contributed by atoms with Crippen molar-refractivity contribution in [2.45, 2.75) is 50.6 Å². The molecule has 0 aromatic carbocycles. The van der Waals surface area contributed by atoms with Crippen LogP contribution in [0.1, 0.15) is 50.1 Å². The standard InChI is InChI=1S/C15H21N3O/c1-19-15-9-8-12(11-17-15)14(10-16)18-13-6-4-2-3-5-7-13/h8-9,11,13-14,18H,2-7H2,1H3. The van der Waals surface area contributed by atoms with Crippen molar-refractivity contribution in [3.63, 3.8) is 0 Å². The van der Waals surface area contributed by atoms with Crippen LogP contribution >= 0.6 is 0 Å². The smallest absolute Gasteiger partial charge is 0.212 e. The minimum atomic E-state index is -0.276. The van der Waals surface area contributed by atoms with Gasteiger partial charge in [-0.25, -0.2) is 4.98 Å². The summed E-state index contributed by atoms with van der Waals surface area (Å²) in [5.74, 6) is 0.579. The third-order valence-electron chi connectivity index (χ3n) is 3.69. The highest BCUT2D eigenvalue weighted by molar-refractivity contribution is 5.24. The van der Waals surface area contributed by atoms with Crippen LogP contribution in [-0.2, 0) is 0 Å². The van der Waals surface area contributed by atoms with Crippen LogP contribution in [0.25, 0.3) is 0 Å². The number of hydrogen-bond donors (Lipinski definition) is 1. The van der Waals surface area contributed by atoms with Gasteiger partial charge in [-0.1, -0.05) is 25.7 Å². The van der Waals surface area contributed by atoms with E-state index in [1.165, 1.54) is 38.5 Å². The predicted octanol–water partition coefficient (Wildman–Crippen LogP) is 2.97. The zero-order valence-electron chi connectivity index (χ0n) is 11.4. The van der Waals surface area contributed by atoms with Crippen molar-refractivity contribution in [3.05, 3.63) is 23.9 Å². The molecule has 1 heterocycles. The maximum absolute atomic E-state index is 9.34. The van der Waals surface area contributed by atoms with E-state index in [0.29, 0.717) is 11.9 Å². The molecule has 1 fully saturated rings. The Bertz CT molecular complexity index is 416. The molecule has 1 aliphatic rings. The van der Waals surface area contributed by atoms with Crippen molar-refractivity contribution in [1.29, 1.82) is 5.26 Å². The van der Waals surface area contributed by atoms with E-state index in [4.69, 9.17) is 4.74 Å². The molecule has 1 aromatic heterocycles. The fourth-order valence-corrected chi connectivity index (χ4v) is 2.57. The lowest BCUT2D eigenvalue weighted by atomic mass is 10.1. The van der Waals surface area contributed by atoms with Crippen LogP contribution in [0.4, 0.5) is 0 Å². The van der Waals surface area contributed by atoms with Crippen molar-refractivity contribution in [3.8, 4) is 11.9 Å². The second-order valence-corrected chi connectivity index (χ2v) is 5.05. The fraction of sp³-hybridized carbons (Fsp3) is 0.600. The van der Waals surface area contributed by atoms with E-state index < -0.39 is 0 Å². The summed E-state index contributed by atoms with van der Waals surface area (Å²) in [6, 6.07) is 6.21. The van der Waals surface area contributed by atoms with Gasteiger partial charge in [0.1, 0.15) is 6.04 Å².